The molecule has 0 N–H and O–H groups in total. The van der Waals surface area contributed by atoms with Crippen LogP contribution in [0.4, 0.5) is 17.1 Å². The van der Waals surface area contributed by atoms with Gasteiger partial charge in [-0.2, -0.15) is 0 Å². The lowest BCUT2D eigenvalue weighted by Gasteiger charge is -2.31. The minimum Gasteiger partial charge on any atom is -0.310 e. The first-order valence-corrected chi connectivity index (χ1v) is 16.9. The van der Waals surface area contributed by atoms with Gasteiger partial charge in [-0.3, -0.25) is 9.59 Å². The van der Waals surface area contributed by atoms with Crippen molar-refractivity contribution < 1.29 is 9.59 Å². The molecular formula is C45H41NO2. The van der Waals surface area contributed by atoms with Gasteiger partial charge in [-0.05, 0) is 132 Å². The van der Waals surface area contributed by atoms with E-state index >= 15 is 0 Å². The maximum atomic E-state index is 13.4. The quantitative estimate of drug-likeness (QED) is 0.164. The highest BCUT2D eigenvalue weighted by Gasteiger charge is 2.37. The van der Waals surface area contributed by atoms with Gasteiger partial charge in [0.25, 0.3) is 0 Å². The van der Waals surface area contributed by atoms with Crippen molar-refractivity contribution >= 4 is 52.4 Å². The molecule has 3 aliphatic rings. The molecule has 0 aromatic heterocycles. The van der Waals surface area contributed by atoms with Crippen LogP contribution in [-0.2, 0) is 15.0 Å². The molecule has 4 aromatic rings. The minimum absolute atomic E-state index is 0.0712. The zero-order valence-corrected chi connectivity index (χ0v) is 28.6. The van der Waals surface area contributed by atoms with Gasteiger partial charge in [0.2, 0.25) is 0 Å². The molecule has 48 heavy (non-hydrogen) atoms. The van der Waals surface area contributed by atoms with Gasteiger partial charge in [0.1, 0.15) is 0 Å². The Balaban J connectivity index is 1.27. The SMILES string of the molecule is C/C=c1/cccc/c1=C/C1=CC(=O)/C(=C\c2ccc(N(c3ccc4c(c3)C(C)(C)C3=C4CCC=C3)c3c(C)cc(C)cc3C)cc2)C1=O. The number of nitrogens with zero attached hydrogens (tertiary/aromatic N) is 1. The van der Waals surface area contributed by atoms with Crippen LogP contribution in [0.1, 0.15) is 67.0 Å². The summed E-state index contributed by atoms with van der Waals surface area (Å²) in [5, 5.41) is 1.94. The molecule has 0 unspecified atom stereocenters. The number of benzene rings is 4. The first-order valence-electron chi connectivity index (χ1n) is 16.9. The monoisotopic (exact) mass is 627 g/mol. The zero-order chi connectivity index (χ0) is 33.7. The van der Waals surface area contributed by atoms with E-state index in [1.807, 2.05) is 55.5 Å². The smallest absolute Gasteiger partial charge is 0.197 e. The topological polar surface area (TPSA) is 37.4 Å². The molecule has 0 heterocycles. The Hall–Kier alpha value is -5.28. The van der Waals surface area contributed by atoms with Crippen molar-refractivity contribution in [2.75, 3.05) is 4.90 Å². The van der Waals surface area contributed by atoms with Crippen LogP contribution in [0.3, 0.4) is 0 Å². The lowest BCUT2D eigenvalue weighted by atomic mass is 9.80. The molecule has 238 valence electrons. The van der Waals surface area contributed by atoms with Crippen molar-refractivity contribution in [2.24, 2.45) is 0 Å². The average Bonchev–Trinajstić information content (AvgIpc) is 3.46. The Kier molecular flexibility index (Phi) is 7.87. The Labute approximate surface area is 283 Å². The third kappa shape index (κ3) is 5.34. The van der Waals surface area contributed by atoms with Gasteiger partial charge in [0.15, 0.2) is 11.6 Å². The van der Waals surface area contributed by atoms with Crippen LogP contribution in [0.25, 0.3) is 23.8 Å². The number of fused-ring (bicyclic) bond motifs is 2. The third-order valence-corrected chi connectivity index (χ3v) is 10.1. The maximum absolute atomic E-state index is 13.4. The van der Waals surface area contributed by atoms with E-state index in [9.17, 15) is 9.59 Å². The highest BCUT2D eigenvalue weighted by atomic mass is 16.2. The fourth-order valence-electron chi connectivity index (χ4n) is 7.81. The lowest BCUT2D eigenvalue weighted by Crippen LogP contribution is -2.23. The predicted molar refractivity (Wildman–Crippen MR) is 200 cm³/mol. The highest BCUT2D eigenvalue weighted by Crippen LogP contribution is 2.52. The molecule has 0 atom stereocenters. The van der Waals surface area contributed by atoms with Gasteiger partial charge in [-0.1, -0.05) is 92.2 Å². The normalized spacial score (nSPS) is 18.1. The molecule has 0 bridgehead atoms. The molecule has 3 heteroatoms. The summed E-state index contributed by atoms with van der Waals surface area (Å²) in [7, 11) is 0. The number of hydrogen-bond acceptors (Lipinski definition) is 3. The standard InChI is InChI=1S/C45H41NO2/c1-7-32-12-8-9-13-33(32)25-34-26-42(47)39(44(34)48)24-31-16-18-35(19-17-31)46(43-29(3)22-28(2)23-30(43)4)36-20-21-38-37-14-10-11-15-40(37)45(5,6)41(38)27-36/h7-9,11-13,15-27H,10,14H2,1-6H3/b32-7-,33-25-,39-24+. The zero-order valence-electron chi connectivity index (χ0n) is 28.6. The van der Waals surface area contributed by atoms with Crippen molar-refractivity contribution in [3.8, 4) is 0 Å². The minimum atomic E-state index is -0.257. The van der Waals surface area contributed by atoms with Crippen molar-refractivity contribution in [1.29, 1.82) is 0 Å². The summed E-state index contributed by atoms with van der Waals surface area (Å²) in [6, 6.07) is 27.5. The number of carbonyl (C=O) groups is 2. The number of Topliss-reactive ketones (excluding diaryl/α,β-unsaturated/α-hetero) is 1. The van der Waals surface area contributed by atoms with E-state index < -0.39 is 0 Å². The van der Waals surface area contributed by atoms with E-state index in [4.69, 9.17) is 0 Å². The van der Waals surface area contributed by atoms with Gasteiger partial charge in [-0.25, -0.2) is 0 Å². The Bertz CT molecular complexity index is 2250. The second-order valence-electron chi connectivity index (χ2n) is 13.8. The van der Waals surface area contributed by atoms with Gasteiger partial charge >= 0.3 is 0 Å². The summed E-state index contributed by atoms with van der Waals surface area (Å²) in [5.74, 6) is -0.498. The van der Waals surface area contributed by atoms with E-state index in [-0.39, 0.29) is 22.6 Å². The first-order chi connectivity index (χ1) is 23.1. The number of carbonyl (C=O) groups excluding carboxylic acids is 2. The fourth-order valence-corrected chi connectivity index (χ4v) is 7.81. The lowest BCUT2D eigenvalue weighted by molar-refractivity contribution is -0.115. The molecule has 3 aliphatic carbocycles. The van der Waals surface area contributed by atoms with Gasteiger partial charge in [-0.15, -0.1) is 0 Å². The summed E-state index contributed by atoms with van der Waals surface area (Å²) < 4.78 is 0. The molecule has 4 aromatic carbocycles. The Morgan fingerprint density at radius 2 is 1.48 bits per heavy atom. The highest BCUT2D eigenvalue weighted by molar-refractivity contribution is 6.40. The van der Waals surface area contributed by atoms with Crippen molar-refractivity contribution in [2.45, 2.75) is 59.8 Å². The molecular weight excluding hydrogens is 587 g/mol. The van der Waals surface area contributed by atoms with Crippen molar-refractivity contribution in [1.82, 2.24) is 0 Å². The van der Waals surface area contributed by atoms with Crippen LogP contribution >= 0.6 is 0 Å². The molecule has 0 radical (unpaired) electrons. The number of aryl methyl sites for hydroxylation is 3. The summed E-state index contributed by atoms with van der Waals surface area (Å²) >= 11 is 0. The van der Waals surface area contributed by atoms with Gasteiger partial charge in [0, 0.05) is 22.4 Å². The van der Waals surface area contributed by atoms with Crippen molar-refractivity contribution in [3.63, 3.8) is 0 Å². The van der Waals surface area contributed by atoms with Gasteiger partial charge < -0.3 is 4.90 Å². The first kappa shape index (κ1) is 31.3. The van der Waals surface area contributed by atoms with E-state index in [2.05, 4.69) is 94.1 Å². The summed E-state index contributed by atoms with van der Waals surface area (Å²) in [4.78, 5) is 28.8. The van der Waals surface area contributed by atoms with E-state index in [1.54, 1.807) is 6.08 Å². The largest absolute Gasteiger partial charge is 0.310 e. The van der Waals surface area contributed by atoms with E-state index in [0.717, 1.165) is 45.9 Å². The number of hydrogen-bond donors (Lipinski definition) is 0. The molecule has 0 amide bonds. The molecule has 7 rings (SSSR count). The van der Waals surface area contributed by atoms with Crippen molar-refractivity contribution in [3.05, 3.63) is 158 Å². The number of rotatable bonds is 5. The summed E-state index contributed by atoms with van der Waals surface area (Å²) in [6.45, 7) is 13.1. The molecule has 0 spiro atoms. The molecule has 3 nitrogen and oxygen atoms in total. The molecule has 0 aliphatic heterocycles. The number of ketones is 2. The second-order valence-corrected chi connectivity index (χ2v) is 13.8. The fraction of sp³-hybridized carbons (Fsp3) is 0.200. The van der Waals surface area contributed by atoms with E-state index in [1.165, 1.54) is 45.0 Å². The van der Waals surface area contributed by atoms with Crippen LogP contribution in [-0.4, -0.2) is 11.6 Å². The average molecular weight is 628 g/mol. The Morgan fingerprint density at radius 3 is 2.19 bits per heavy atom. The summed E-state index contributed by atoms with van der Waals surface area (Å²) in [5.41, 5.74) is 13.9. The number of allylic oxidation sites excluding steroid dienone is 7. The molecule has 0 fully saturated rings. The van der Waals surface area contributed by atoms with Crippen LogP contribution in [0.2, 0.25) is 0 Å². The van der Waals surface area contributed by atoms with Crippen LogP contribution < -0.4 is 15.3 Å². The summed E-state index contributed by atoms with van der Waals surface area (Å²) in [6.07, 6.45) is 13.8. The predicted octanol–water partition coefficient (Wildman–Crippen LogP) is 9.22. The molecule has 0 saturated heterocycles. The Morgan fingerprint density at radius 1 is 0.792 bits per heavy atom. The van der Waals surface area contributed by atoms with Gasteiger partial charge in [0.05, 0.1) is 11.3 Å². The van der Waals surface area contributed by atoms with Crippen LogP contribution in [0.15, 0.2) is 114 Å². The number of anilines is 3. The second kappa shape index (κ2) is 12.1. The van der Waals surface area contributed by atoms with E-state index in [0.29, 0.717) is 5.57 Å². The maximum Gasteiger partial charge on any atom is 0.197 e. The van der Waals surface area contributed by atoms with Crippen LogP contribution in [0, 0.1) is 20.8 Å². The third-order valence-electron chi connectivity index (χ3n) is 10.1. The van der Waals surface area contributed by atoms with Crippen LogP contribution in [0.5, 0.6) is 0 Å². The molecule has 0 saturated carbocycles.